The van der Waals surface area contributed by atoms with E-state index in [1.165, 1.54) is 46.5 Å². The summed E-state index contributed by atoms with van der Waals surface area (Å²) in [5, 5.41) is 3.34. The summed E-state index contributed by atoms with van der Waals surface area (Å²) in [7, 11) is -3.61. The third-order valence-corrected chi connectivity index (χ3v) is 7.52. The summed E-state index contributed by atoms with van der Waals surface area (Å²) in [5.41, 5.74) is 1.31. The van der Waals surface area contributed by atoms with E-state index in [1.807, 2.05) is 6.26 Å². The van der Waals surface area contributed by atoms with Crippen LogP contribution in [0.2, 0.25) is 0 Å². The SMILES string of the molecule is CSc1ncc(C(=O)Nc2ccc(S(=O)(=O)N3CCOCC3)cc2)n1-c1ccc(F)cc1. The van der Waals surface area contributed by atoms with Crippen molar-refractivity contribution in [2.75, 3.05) is 37.9 Å². The van der Waals surface area contributed by atoms with Crippen molar-refractivity contribution in [2.24, 2.45) is 0 Å². The van der Waals surface area contributed by atoms with Gasteiger partial charge in [0.05, 0.1) is 24.3 Å². The van der Waals surface area contributed by atoms with Gasteiger partial charge in [-0.2, -0.15) is 4.31 Å². The molecule has 1 N–H and O–H groups in total. The Kier molecular flexibility index (Phi) is 6.60. The summed E-state index contributed by atoms with van der Waals surface area (Å²) in [6.45, 7) is 1.36. The smallest absolute Gasteiger partial charge is 0.274 e. The minimum Gasteiger partial charge on any atom is -0.379 e. The van der Waals surface area contributed by atoms with E-state index in [-0.39, 0.29) is 16.4 Å². The van der Waals surface area contributed by atoms with Crippen molar-refractivity contribution in [3.05, 3.63) is 66.2 Å². The average molecular weight is 477 g/mol. The van der Waals surface area contributed by atoms with Crippen LogP contribution in [0.15, 0.2) is 64.8 Å². The van der Waals surface area contributed by atoms with Crippen molar-refractivity contribution >= 4 is 33.4 Å². The second kappa shape index (κ2) is 9.41. The first-order valence-corrected chi connectivity index (χ1v) is 12.4. The van der Waals surface area contributed by atoms with Crippen LogP contribution in [-0.2, 0) is 14.8 Å². The van der Waals surface area contributed by atoms with E-state index in [1.54, 1.807) is 28.8 Å². The number of thioether (sulfide) groups is 1. The molecule has 1 fully saturated rings. The summed E-state index contributed by atoms with van der Waals surface area (Å²) in [4.78, 5) is 17.4. The average Bonchev–Trinajstić information content (AvgIpc) is 3.25. The van der Waals surface area contributed by atoms with Crippen LogP contribution in [-0.4, -0.2) is 60.7 Å². The Balaban J connectivity index is 1.55. The molecular formula is C21H21FN4O4S2. The maximum absolute atomic E-state index is 13.3. The second-order valence-corrected chi connectivity index (χ2v) is 9.65. The van der Waals surface area contributed by atoms with Crippen LogP contribution in [0.5, 0.6) is 0 Å². The first-order chi connectivity index (χ1) is 15.4. The molecule has 2 aromatic carbocycles. The molecule has 4 rings (SSSR count). The number of ether oxygens (including phenoxy) is 1. The molecule has 0 atom stereocenters. The van der Waals surface area contributed by atoms with Crippen LogP contribution >= 0.6 is 11.8 Å². The number of anilines is 1. The van der Waals surface area contributed by atoms with E-state index < -0.39 is 15.9 Å². The van der Waals surface area contributed by atoms with Gasteiger partial charge in [-0.3, -0.25) is 9.36 Å². The van der Waals surface area contributed by atoms with Gasteiger partial charge < -0.3 is 10.1 Å². The molecule has 0 spiro atoms. The summed E-state index contributed by atoms with van der Waals surface area (Å²) in [6, 6.07) is 11.8. The minimum atomic E-state index is -3.61. The Morgan fingerprint density at radius 2 is 1.75 bits per heavy atom. The largest absolute Gasteiger partial charge is 0.379 e. The number of rotatable bonds is 6. The quantitative estimate of drug-likeness (QED) is 0.550. The molecule has 1 aliphatic heterocycles. The van der Waals surface area contributed by atoms with Gasteiger partial charge in [-0.1, -0.05) is 11.8 Å². The molecule has 11 heteroatoms. The molecular weight excluding hydrogens is 455 g/mol. The maximum Gasteiger partial charge on any atom is 0.274 e. The lowest BCUT2D eigenvalue weighted by molar-refractivity contribution is 0.0730. The number of amides is 1. The topological polar surface area (TPSA) is 93.5 Å². The Labute approximate surface area is 189 Å². The lowest BCUT2D eigenvalue weighted by Gasteiger charge is -2.26. The Bertz CT molecular complexity index is 1210. The van der Waals surface area contributed by atoms with E-state index in [0.29, 0.717) is 42.8 Å². The fraction of sp³-hybridized carbons (Fsp3) is 0.238. The number of nitrogens with zero attached hydrogens (tertiary/aromatic N) is 3. The summed E-state index contributed by atoms with van der Waals surface area (Å²) in [5.74, 6) is -0.802. The van der Waals surface area contributed by atoms with Crippen LogP contribution in [0, 0.1) is 5.82 Å². The molecule has 1 amide bonds. The number of nitrogens with one attached hydrogen (secondary N) is 1. The predicted octanol–water partition coefficient (Wildman–Crippen LogP) is 3.01. The van der Waals surface area contributed by atoms with Crippen molar-refractivity contribution in [2.45, 2.75) is 10.1 Å². The zero-order valence-corrected chi connectivity index (χ0v) is 18.8. The standard InChI is InChI=1S/C21H21FN4O4S2/c1-31-21-23-14-19(26(21)17-6-2-15(22)3-7-17)20(27)24-16-4-8-18(9-5-16)32(28,29)25-10-12-30-13-11-25/h2-9,14H,10-13H2,1H3,(H,24,27). The molecule has 0 unspecified atom stereocenters. The number of imidazole rings is 1. The lowest BCUT2D eigenvalue weighted by atomic mass is 10.3. The third-order valence-electron chi connectivity index (χ3n) is 4.95. The van der Waals surface area contributed by atoms with E-state index >= 15 is 0 Å². The first kappa shape index (κ1) is 22.5. The Hall–Kier alpha value is -2.73. The van der Waals surface area contributed by atoms with E-state index in [0.717, 1.165) is 0 Å². The number of benzene rings is 2. The Morgan fingerprint density at radius 1 is 1.09 bits per heavy atom. The summed E-state index contributed by atoms with van der Waals surface area (Å²) >= 11 is 1.36. The molecule has 1 aliphatic rings. The molecule has 0 radical (unpaired) electrons. The van der Waals surface area contributed by atoms with Crippen LogP contribution in [0.3, 0.4) is 0 Å². The summed E-state index contributed by atoms with van der Waals surface area (Å²) < 4.78 is 47.1. The van der Waals surface area contributed by atoms with Crippen LogP contribution in [0.1, 0.15) is 10.5 Å². The molecule has 1 saturated heterocycles. The van der Waals surface area contributed by atoms with Gasteiger partial charge in [0.1, 0.15) is 11.5 Å². The molecule has 0 saturated carbocycles. The van der Waals surface area contributed by atoms with Gasteiger partial charge in [0, 0.05) is 24.5 Å². The highest BCUT2D eigenvalue weighted by atomic mass is 32.2. The van der Waals surface area contributed by atoms with Crippen LogP contribution in [0.25, 0.3) is 5.69 Å². The highest BCUT2D eigenvalue weighted by molar-refractivity contribution is 7.98. The number of hydrogen-bond donors (Lipinski definition) is 1. The number of halogens is 1. The van der Waals surface area contributed by atoms with Gasteiger partial charge in [-0.15, -0.1) is 0 Å². The summed E-state index contributed by atoms with van der Waals surface area (Å²) in [6.07, 6.45) is 3.28. The molecule has 168 valence electrons. The van der Waals surface area contributed by atoms with Crippen molar-refractivity contribution in [1.29, 1.82) is 0 Å². The van der Waals surface area contributed by atoms with Gasteiger partial charge in [-0.05, 0) is 54.8 Å². The third kappa shape index (κ3) is 4.56. The first-order valence-electron chi connectivity index (χ1n) is 9.77. The molecule has 0 aliphatic carbocycles. The van der Waals surface area contributed by atoms with Crippen LogP contribution < -0.4 is 5.32 Å². The van der Waals surface area contributed by atoms with Gasteiger partial charge in [-0.25, -0.2) is 17.8 Å². The number of carbonyl (C=O) groups is 1. The highest BCUT2D eigenvalue weighted by Gasteiger charge is 2.26. The fourth-order valence-corrected chi connectivity index (χ4v) is 5.27. The van der Waals surface area contributed by atoms with Crippen molar-refractivity contribution in [3.8, 4) is 5.69 Å². The molecule has 8 nitrogen and oxygen atoms in total. The monoisotopic (exact) mass is 476 g/mol. The van der Waals surface area contributed by atoms with E-state index in [9.17, 15) is 17.6 Å². The number of carbonyl (C=O) groups excluding carboxylic acids is 1. The number of aromatic nitrogens is 2. The maximum atomic E-state index is 13.3. The molecule has 1 aromatic heterocycles. The van der Waals surface area contributed by atoms with Gasteiger partial charge in [0.15, 0.2) is 5.16 Å². The normalized spacial score (nSPS) is 14.9. The van der Waals surface area contributed by atoms with Crippen molar-refractivity contribution in [1.82, 2.24) is 13.9 Å². The number of sulfonamides is 1. The van der Waals surface area contributed by atoms with Gasteiger partial charge in [0.25, 0.3) is 5.91 Å². The minimum absolute atomic E-state index is 0.151. The molecule has 2 heterocycles. The zero-order valence-electron chi connectivity index (χ0n) is 17.2. The lowest BCUT2D eigenvalue weighted by Crippen LogP contribution is -2.40. The molecule has 0 bridgehead atoms. The highest BCUT2D eigenvalue weighted by Crippen LogP contribution is 2.24. The predicted molar refractivity (Wildman–Crippen MR) is 119 cm³/mol. The van der Waals surface area contributed by atoms with Gasteiger partial charge >= 0.3 is 0 Å². The molecule has 3 aromatic rings. The van der Waals surface area contributed by atoms with E-state index in [4.69, 9.17) is 4.74 Å². The van der Waals surface area contributed by atoms with Crippen molar-refractivity contribution in [3.63, 3.8) is 0 Å². The zero-order chi connectivity index (χ0) is 22.7. The number of morpholine rings is 1. The fourth-order valence-electron chi connectivity index (χ4n) is 3.32. The number of hydrogen-bond acceptors (Lipinski definition) is 6. The van der Waals surface area contributed by atoms with Gasteiger partial charge in [0.2, 0.25) is 10.0 Å². The Morgan fingerprint density at radius 3 is 2.38 bits per heavy atom. The van der Waals surface area contributed by atoms with Crippen molar-refractivity contribution < 1.29 is 22.3 Å². The molecule has 32 heavy (non-hydrogen) atoms. The second-order valence-electron chi connectivity index (χ2n) is 6.94. The van der Waals surface area contributed by atoms with Crippen LogP contribution in [0.4, 0.5) is 10.1 Å². The van der Waals surface area contributed by atoms with E-state index in [2.05, 4.69) is 10.3 Å².